The Morgan fingerprint density at radius 2 is 1.31 bits per heavy atom. The monoisotopic (exact) mass is 645 g/mol. The van der Waals surface area contributed by atoms with Gasteiger partial charge in [0.05, 0.1) is 18.6 Å². The predicted octanol–water partition coefficient (Wildman–Crippen LogP) is 6.05. The van der Waals surface area contributed by atoms with Crippen LogP contribution < -0.4 is 5.73 Å². The van der Waals surface area contributed by atoms with Crippen LogP contribution in [-0.2, 0) is 19.3 Å². The van der Waals surface area contributed by atoms with Gasteiger partial charge in [0, 0.05) is 38.3 Å². The van der Waals surface area contributed by atoms with Gasteiger partial charge in [0.25, 0.3) is 0 Å². The maximum Gasteiger partial charge on any atom is 0.194 e. The highest BCUT2D eigenvalue weighted by Crippen LogP contribution is 2.31. The molecule has 3 fully saturated rings. The molecule has 3 N–H and O–H groups in total. The molecule has 0 bridgehead atoms. The van der Waals surface area contributed by atoms with Gasteiger partial charge in [0.1, 0.15) is 0 Å². The van der Waals surface area contributed by atoms with Crippen molar-refractivity contribution in [3.05, 3.63) is 108 Å². The number of benzene rings is 3. The maximum absolute atomic E-state index is 9.73. The summed E-state index contributed by atoms with van der Waals surface area (Å²) in [7, 11) is 0. The summed E-state index contributed by atoms with van der Waals surface area (Å²) in [4.78, 5) is 14.8. The van der Waals surface area contributed by atoms with E-state index in [9.17, 15) is 5.41 Å². The van der Waals surface area contributed by atoms with E-state index in [1.807, 2.05) is 0 Å². The highest BCUT2D eigenvalue weighted by molar-refractivity contribution is 5.80. The first-order valence-corrected chi connectivity index (χ1v) is 18.6. The molecule has 7 rings (SSSR count). The fourth-order valence-electron chi connectivity index (χ4n) is 8.89. The molecule has 0 amide bonds. The molecule has 2 saturated heterocycles. The Bertz CT molecular complexity index is 1470. The Kier molecular flexibility index (Phi) is 10.6. The minimum Gasteiger partial charge on any atom is -0.370 e. The quantitative estimate of drug-likeness (QED) is 0.237. The first-order chi connectivity index (χ1) is 23.6. The second-order valence-corrected chi connectivity index (χ2v) is 14.8. The van der Waals surface area contributed by atoms with Crippen molar-refractivity contribution < 1.29 is 0 Å². The van der Waals surface area contributed by atoms with Gasteiger partial charge in [0.2, 0.25) is 0 Å². The molecule has 4 atom stereocenters. The maximum atomic E-state index is 9.73. The number of hydrogen-bond acceptors (Lipinski definition) is 5. The lowest BCUT2D eigenvalue weighted by Crippen LogP contribution is -2.52. The van der Waals surface area contributed by atoms with Gasteiger partial charge in [-0.25, -0.2) is 0 Å². The van der Waals surface area contributed by atoms with Gasteiger partial charge in [-0.3, -0.25) is 15.3 Å². The lowest BCUT2D eigenvalue weighted by molar-refractivity contribution is 0.157. The zero-order valence-corrected chi connectivity index (χ0v) is 28.7. The van der Waals surface area contributed by atoms with Crippen LogP contribution in [0.15, 0.2) is 96.0 Å². The van der Waals surface area contributed by atoms with Crippen molar-refractivity contribution in [2.45, 2.75) is 88.4 Å². The fraction of sp³-hybridized carbons (Fsp3) is 0.512. The van der Waals surface area contributed by atoms with Crippen LogP contribution in [0, 0.1) is 11.3 Å². The number of hydrogen-bond donors (Lipinski definition) is 2. The molecular formula is C41H55N7. The van der Waals surface area contributed by atoms with Gasteiger partial charge in [-0.15, -0.1) is 0 Å². The van der Waals surface area contributed by atoms with E-state index in [0.717, 1.165) is 64.5 Å². The summed E-state index contributed by atoms with van der Waals surface area (Å²) in [6.07, 6.45) is 12.0. The van der Waals surface area contributed by atoms with Gasteiger partial charge in [-0.1, -0.05) is 110 Å². The Balaban J connectivity index is 1.10. The highest BCUT2D eigenvalue weighted by Gasteiger charge is 2.41. The topological polar surface area (TPSA) is 75.2 Å². The second-order valence-electron chi connectivity index (χ2n) is 14.8. The zero-order valence-electron chi connectivity index (χ0n) is 28.7. The summed E-state index contributed by atoms with van der Waals surface area (Å²) in [6, 6.07) is 34.0. The average Bonchev–Trinajstić information content (AvgIpc) is 3.80. The lowest BCUT2D eigenvalue weighted by Gasteiger charge is -2.38. The number of nitrogens with one attached hydrogen (secondary N) is 1. The summed E-state index contributed by atoms with van der Waals surface area (Å²) in [5.74, 6) is 2.15. The summed E-state index contributed by atoms with van der Waals surface area (Å²) in [6.45, 7) is 5.70. The minimum absolute atomic E-state index is 0.236. The van der Waals surface area contributed by atoms with Crippen LogP contribution in [0.2, 0.25) is 0 Å². The molecule has 3 aliphatic heterocycles. The third kappa shape index (κ3) is 7.89. The first kappa shape index (κ1) is 32.7. The molecule has 3 heterocycles. The van der Waals surface area contributed by atoms with Crippen molar-refractivity contribution in [2.75, 3.05) is 39.3 Å². The summed E-state index contributed by atoms with van der Waals surface area (Å²) in [5.41, 5.74) is 10.6. The van der Waals surface area contributed by atoms with Crippen LogP contribution >= 0.6 is 0 Å². The van der Waals surface area contributed by atoms with E-state index in [-0.39, 0.29) is 6.04 Å². The number of rotatable bonds is 13. The molecule has 0 aromatic heterocycles. The standard InChI is InChI=1S/C41H55N7/c42-40-44-27-37(24-32-14-5-1-6-15-32)46(40)30-36-22-13-23-45(36)29-38(25-33-16-7-2-8-17-33)48-31-39(26-34-18-9-3-10-19-34)47(41(48)43)28-35-20-11-4-12-21-35/h1-3,5-10,14-19,35-39,43H,4,11-13,20-31H2,(H2,42,44)/t36?,37-,38-,39-/m0/s1. The van der Waals surface area contributed by atoms with E-state index >= 15 is 0 Å². The second kappa shape index (κ2) is 15.6. The highest BCUT2D eigenvalue weighted by atomic mass is 15.5. The Labute approximate surface area is 288 Å². The Hall–Kier alpha value is -3.84. The van der Waals surface area contributed by atoms with Crippen molar-refractivity contribution in [3.63, 3.8) is 0 Å². The SMILES string of the molecule is N=C1N(CC2CCCCC2)[C@@H](Cc2ccccc2)CN1[C@@H](Cc1ccccc1)CN1CCCC1CN1C(N)=NC[C@@H]1Cc1ccccc1. The number of nitrogens with zero attached hydrogens (tertiary/aromatic N) is 5. The van der Waals surface area contributed by atoms with E-state index in [1.165, 1.54) is 61.6 Å². The molecule has 1 unspecified atom stereocenters. The van der Waals surface area contributed by atoms with E-state index in [1.54, 1.807) is 0 Å². The van der Waals surface area contributed by atoms with Gasteiger partial charge < -0.3 is 20.4 Å². The van der Waals surface area contributed by atoms with Crippen LogP contribution in [0.25, 0.3) is 0 Å². The molecule has 48 heavy (non-hydrogen) atoms. The van der Waals surface area contributed by atoms with E-state index in [2.05, 4.69) is 111 Å². The first-order valence-electron chi connectivity index (χ1n) is 18.6. The third-order valence-electron chi connectivity index (χ3n) is 11.5. The van der Waals surface area contributed by atoms with E-state index in [0.29, 0.717) is 30.0 Å². The molecule has 1 aliphatic carbocycles. The number of guanidine groups is 2. The molecule has 254 valence electrons. The van der Waals surface area contributed by atoms with Gasteiger partial charge in [0.15, 0.2) is 11.9 Å². The molecular weight excluding hydrogens is 591 g/mol. The largest absolute Gasteiger partial charge is 0.370 e. The van der Waals surface area contributed by atoms with Gasteiger partial charge >= 0.3 is 0 Å². The molecule has 7 heteroatoms. The van der Waals surface area contributed by atoms with Gasteiger partial charge in [-0.05, 0) is 74.1 Å². The lowest BCUT2D eigenvalue weighted by atomic mass is 9.88. The smallest absolute Gasteiger partial charge is 0.194 e. The molecule has 0 radical (unpaired) electrons. The Morgan fingerprint density at radius 3 is 1.98 bits per heavy atom. The van der Waals surface area contributed by atoms with Crippen molar-refractivity contribution in [1.82, 2.24) is 19.6 Å². The number of nitrogens with two attached hydrogens (primary N) is 1. The molecule has 7 nitrogen and oxygen atoms in total. The fourth-order valence-corrected chi connectivity index (χ4v) is 8.89. The normalized spacial score (nSPS) is 24.4. The van der Waals surface area contributed by atoms with Crippen LogP contribution in [0.4, 0.5) is 0 Å². The summed E-state index contributed by atoms with van der Waals surface area (Å²) in [5, 5.41) is 9.73. The third-order valence-corrected chi connectivity index (χ3v) is 11.5. The Morgan fingerprint density at radius 1 is 0.688 bits per heavy atom. The molecule has 3 aromatic carbocycles. The van der Waals surface area contributed by atoms with Gasteiger partial charge in [-0.2, -0.15) is 0 Å². The average molecular weight is 646 g/mol. The van der Waals surface area contributed by atoms with Crippen LogP contribution in [0.1, 0.15) is 61.6 Å². The minimum atomic E-state index is 0.236. The van der Waals surface area contributed by atoms with Crippen molar-refractivity contribution >= 4 is 11.9 Å². The predicted molar refractivity (Wildman–Crippen MR) is 197 cm³/mol. The molecule has 4 aliphatic rings. The van der Waals surface area contributed by atoms with Crippen molar-refractivity contribution in [3.8, 4) is 0 Å². The van der Waals surface area contributed by atoms with E-state index < -0.39 is 0 Å². The molecule has 3 aromatic rings. The van der Waals surface area contributed by atoms with Crippen LogP contribution in [0.3, 0.4) is 0 Å². The van der Waals surface area contributed by atoms with Crippen molar-refractivity contribution in [1.29, 1.82) is 5.41 Å². The zero-order chi connectivity index (χ0) is 32.7. The molecule has 1 saturated carbocycles. The van der Waals surface area contributed by atoms with Crippen LogP contribution in [0.5, 0.6) is 0 Å². The number of likely N-dealkylation sites (tertiary alicyclic amines) is 1. The van der Waals surface area contributed by atoms with Crippen LogP contribution in [-0.4, -0.2) is 95.0 Å². The number of aliphatic imine (C=N–C) groups is 1. The summed E-state index contributed by atoms with van der Waals surface area (Å²) >= 11 is 0. The van der Waals surface area contributed by atoms with E-state index in [4.69, 9.17) is 10.7 Å². The van der Waals surface area contributed by atoms with Crippen molar-refractivity contribution in [2.24, 2.45) is 16.6 Å². The summed E-state index contributed by atoms with van der Waals surface area (Å²) < 4.78 is 0. The molecule has 0 spiro atoms.